The van der Waals surface area contributed by atoms with Gasteiger partial charge in [0.2, 0.25) is 0 Å². The molecule has 86 valence electrons. The highest BCUT2D eigenvalue weighted by atomic mass is 79.9. The van der Waals surface area contributed by atoms with Gasteiger partial charge in [-0.25, -0.2) is 0 Å². The van der Waals surface area contributed by atoms with Crippen molar-refractivity contribution < 1.29 is 4.79 Å². The molecule has 17 heavy (non-hydrogen) atoms. The van der Waals surface area contributed by atoms with Gasteiger partial charge in [0.15, 0.2) is 5.78 Å². The Morgan fingerprint density at radius 2 is 1.76 bits per heavy atom. The van der Waals surface area contributed by atoms with E-state index in [-0.39, 0.29) is 5.78 Å². The minimum Gasteiger partial charge on any atom is -0.289 e. The van der Waals surface area contributed by atoms with Gasteiger partial charge >= 0.3 is 0 Å². The average Bonchev–Trinajstić information content (AvgIpc) is 2.27. The van der Waals surface area contributed by atoms with Gasteiger partial charge in [-0.05, 0) is 43.2 Å². The lowest BCUT2D eigenvalue weighted by Crippen LogP contribution is -2.03. The first-order valence-electron chi connectivity index (χ1n) is 5.45. The number of ketones is 1. The average molecular weight is 289 g/mol. The van der Waals surface area contributed by atoms with Crippen LogP contribution < -0.4 is 0 Å². The van der Waals surface area contributed by atoms with Crippen molar-refractivity contribution >= 4 is 21.7 Å². The smallest absolute Gasteiger partial charge is 0.193 e. The third-order valence-electron chi connectivity index (χ3n) is 2.69. The molecule has 0 saturated heterocycles. The van der Waals surface area contributed by atoms with E-state index in [4.69, 9.17) is 0 Å². The number of benzene rings is 2. The molecule has 0 fully saturated rings. The number of rotatable bonds is 2. The van der Waals surface area contributed by atoms with Gasteiger partial charge in [-0.3, -0.25) is 4.79 Å². The van der Waals surface area contributed by atoms with Crippen LogP contribution in [0.1, 0.15) is 27.0 Å². The van der Waals surface area contributed by atoms with Gasteiger partial charge in [0.05, 0.1) is 0 Å². The van der Waals surface area contributed by atoms with Crippen LogP contribution in [0.3, 0.4) is 0 Å². The van der Waals surface area contributed by atoms with Crippen molar-refractivity contribution in [3.63, 3.8) is 0 Å². The second kappa shape index (κ2) is 4.84. The molecular weight excluding hydrogens is 276 g/mol. The van der Waals surface area contributed by atoms with Crippen LogP contribution in [-0.2, 0) is 0 Å². The standard InChI is InChI=1S/C15H13BrO/c1-10-7-12(9-13(16)8-10)15(17)14-6-4-3-5-11(14)2/h3-9H,1-2H3. The van der Waals surface area contributed by atoms with Crippen molar-refractivity contribution in [3.05, 3.63) is 69.2 Å². The van der Waals surface area contributed by atoms with Crippen LogP contribution in [0.5, 0.6) is 0 Å². The fourth-order valence-electron chi connectivity index (χ4n) is 1.85. The first kappa shape index (κ1) is 12.1. The summed E-state index contributed by atoms with van der Waals surface area (Å²) in [4.78, 5) is 12.4. The van der Waals surface area contributed by atoms with E-state index >= 15 is 0 Å². The number of hydrogen-bond acceptors (Lipinski definition) is 1. The predicted octanol–water partition coefficient (Wildman–Crippen LogP) is 4.30. The summed E-state index contributed by atoms with van der Waals surface area (Å²) in [5.74, 6) is 0.0764. The van der Waals surface area contributed by atoms with Crippen LogP contribution in [0, 0.1) is 13.8 Å². The van der Waals surface area contributed by atoms with E-state index in [9.17, 15) is 4.79 Å². The molecule has 0 aromatic heterocycles. The zero-order chi connectivity index (χ0) is 12.4. The Labute approximate surface area is 110 Å². The Kier molecular flexibility index (Phi) is 3.43. The van der Waals surface area contributed by atoms with Gasteiger partial charge in [0, 0.05) is 15.6 Å². The fourth-order valence-corrected chi connectivity index (χ4v) is 2.46. The van der Waals surface area contributed by atoms with E-state index in [0.29, 0.717) is 0 Å². The summed E-state index contributed by atoms with van der Waals surface area (Å²) in [5.41, 5.74) is 3.59. The third kappa shape index (κ3) is 2.64. The highest BCUT2D eigenvalue weighted by molar-refractivity contribution is 9.10. The van der Waals surface area contributed by atoms with Crippen molar-refractivity contribution in [3.8, 4) is 0 Å². The summed E-state index contributed by atoms with van der Waals surface area (Å²) in [5, 5.41) is 0. The zero-order valence-corrected chi connectivity index (χ0v) is 11.4. The van der Waals surface area contributed by atoms with E-state index in [0.717, 1.165) is 26.7 Å². The zero-order valence-electron chi connectivity index (χ0n) is 9.83. The SMILES string of the molecule is Cc1cc(Br)cc(C(=O)c2ccccc2C)c1. The van der Waals surface area contributed by atoms with Crippen LogP contribution >= 0.6 is 15.9 Å². The topological polar surface area (TPSA) is 17.1 Å². The van der Waals surface area contributed by atoms with E-state index in [2.05, 4.69) is 15.9 Å². The first-order chi connectivity index (χ1) is 8.08. The number of hydrogen-bond donors (Lipinski definition) is 0. The number of aryl methyl sites for hydroxylation is 2. The molecule has 0 aliphatic carbocycles. The number of carbonyl (C=O) groups is 1. The summed E-state index contributed by atoms with van der Waals surface area (Å²) in [6.07, 6.45) is 0. The molecule has 2 rings (SSSR count). The molecule has 0 aliphatic heterocycles. The molecule has 2 aromatic rings. The molecule has 0 unspecified atom stereocenters. The third-order valence-corrected chi connectivity index (χ3v) is 3.15. The Hall–Kier alpha value is -1.41. The molecule has 0 heterocycles. The maximum atomic E-state index is 12.4. The summed E-state index contributed by atoms with van der Waals surface area (Å²) in [7, 11) is 0. The molecule has 0 aliphatic rings. The fraction of sp³-hybridized carbons (Fsp3) is 0.133. The number of halogens is 1. The largest absolute Gasteiger partial charge is 0.289 e. The second-order valence-electron chi connectivity index (χ2n) is 4.16. The molecule has 0 N–H and O–H groups in total. The Morgan fingerprint density at radius 3 is 2.41 bits per heavy atom. The minimum absolute atomic E-state index is 0.0764. The lowest BCUT2D eigenvalue weighted by Gasteiger charge is -2.06. The lowest BCUT2D eigenvalue weighted by atomic mass is 9.98. The normalized spacial score (nSPS) is 10.3. The van der Waals surface area contributed by atoms with Gasteiger partial charge in [-0.2, -0.15) is 0 Å². The van der Waals surface area contributed by atoms with Crippen LogP contribution in [0.15, 0.2) is 46.9 Å². The number of carbonyl (C=O) groups excluding carboxylic acids is 1. The molecule has 0 saturated carbocycles. The molecule has 0 spiro atoms. The summed E-state index contributed by atoms with van der Waals surface area (Å²) >= 11 is 3.42. The highest BCUT2D eigenvalue weighted by Gasteiger charge is 2.11. The summed E-state index contributed by atoms with van der Waals surface area (Å²) in [6.45, 7) is 3.94. The Morgan fingerprint density at radius 1 is 1.06 bits per heavy atom. The molecule has 0 radical (unpaired) electrons. The summed E-state index contributed by atoms with van der Waals surface area (Å²) in [6, 6.07) is 13.4. The maximum absolute atomic E-state index is 12.4. The molecule has 0 amide bonds. The first-order valence-corrected chi connectivity index (χ1v) is 6.25. The van der Waals surface area contributed by atoms with Crippen LogP contribution in [0.4, 0.5) is 0 Å². The van der Waals surface area contributed by atoms with Gasteiger partial charge in [-0.15, -0.1) is 0 Å². The van der Waals surface area contributed by atoms with E-state index < -0.39 is 0 Å². The monoisotopic (exact) mass is 288 g/mol. The van der Waals surface area contributed by atoms with Crippen molar-refractivity contribution in [2.45, 2.75) is 13.8 Å². The van der Waals surface area contributed by atoms with Gasteiger partial charge in [0.1, 0.15) is 0 Å². The molecule has 2 heteroatoms. The van der Waals surface area contributed by atoms with E-state index in [1.54, 1.807) is 0 Å². The van der Waals surface area contributed by atoms with Crippen LogP contribution in [-0.4, -0.2) is 5.78 Å². The predicted molar refractivity (Wildman–Crippen MR) is 73.5 cm³/mol. The molecule has 1 nitrogen and oxygen atoms in total. The molecule has 2 aromatic carbocycles. The second-order valence-corrected chi connectivity index (χ2v) is 5.08. The van der Waals surface area contributed by atoms with Crippen molar-refractivity contribution in [1.82, 2.24) is 0 Å². The van der Waals surface area contributed by atoms with Crippen molar-refractivity contribution in [2.24, 2.45) is 0 Å². The van der Waals surface area contributed by atoms with E-state index in [1.165, 1.54) is 0 Å². The molecule has 0 bridgehead atoms. The maximum Gasteiger partial charge on any atom is 0.193 e. The van der Waals surface area contributed by atoms with Gasteiger partial charge in [0.25, 0.3) is 0 Å². The van der Waals surface area contributed by atoms with Crippen LogP contribution in [0.25, 0.3) is 0 Å². The lowest BCUT2D eigenvalue weighted by molar-refractivity contribution is 0.103. The van der Waals surface area contributed by atoms with Gasteiger partial charge in [-0.1, -0.05) is 40.2 Å². The van der Waals surface area contributed by atoms with E-state index in [1.807, 2.05) is 56.3 Å². The van der Waals surface area contributed by atoms with Crippen molar-refractivity contribution in [1.29, 1.82) is 0 Å². The molecule has 0 atom stereocenters. The quantitative estimate of drug-likeness (QED) is 0.753. The molecular formula is C15H13BrO. The van der Waals surface area contributed by atoms with Gasteiger partial charge < -0.3 is 0 Å². The van der Waals surface area contributed by atoms with Crippen molar-refractivity contribution in [2.75, 3.05) is 0 Å². The Bertz CT molecular complexity index is 553. The minimum atomic E-state index is 0.0764. The Balaban J connectivity index is 2.48. The van der Waals surface area contributed by atoms with Crippen LogP contribution in [0.2, 0.25) is 0 Å². The highest BCUT2D eigenvalue weighted by Crippen LogP contribution is 2.19. The summed E-state index contributed by atoms with van der Waals surface area (Å²) < 4.78 is 0.939.